The summed E-state index contributed by atoms with van der Waals surface area (Å²) < 4.78 is 0. The number of carbonyl (C=O) groups excluding carboxylic acids is 2. The topological polar surface area (TPSA) is 49.4 Å². The van der Waals surface area contributed by atoms with Gasteiger partial charge in [-0.1, -0.05) is 42.5 Å². The monoisotopic (exact) mass is 324 g/mol. The largest absolute Gasteiger partial charge is 0.349 e. The molecule has 126 valence electrons. The maximum atomic E-state index is 12.4. The first-order valence-electron chi connectivity index (χ1n) is 8.11. The molecule has 0 spiro atoms. The van der Waals surface area contributed by atoms with Gasteiger partial charge < -0.3 is 10.2 Å². The SMILES string of the molecule is Cc1ccccc1CN(C)C(=O)CC(C)NC(=O)c1ccccc1. The quantitative estimate of drug-likeness (QED) is 0.887. The van der Waals surface area contributed by atoms with E-state index in [2.05, 4.69) is 5.32 Å². The molecule has 1 unspecified atom stereocenters. The molecule has 0 aromatic heterocycles. The van der Waals surface area contributed by atoms with E-state index in [9.17, 15) is 9.59 Å². The van der Waals surface area contributed by atoms with Gasteiger partial charge in [-0.05, 0) is 37.1 Å². The summed E-state index contributed by atoms with van der Waals surface area (Å²) in [6, 6.07) is 16.8. The van der Waals surface area contributed by atoms with Crippen LogP contribution in [-0.2, 0) is 11.3 Å². The lowest BCUT2D eigenvalue weighted by molar-refractivity contribution is -0.130. The van der Waals surface area contributed by atoms with Crippen molar-refractivity contribution in [1.82, 2.24) is 10.2 Å². The van der Waals surface area contributed by atoms with Crippen molar-refractivity contribution in [2.24, 2.45) is 0 Å². The highest BCUT2D eigenvalue weighted by atomic mass is 16.2. The summed E-state index contributed by atoms with van der Waals surface area (Å²) in [6.45, 7) is 4.46. The van der Waals surface area contributed by atoms with Crippen LogP contribution in [0.2, 0.25) is 0 Å². The van der Waals surface area contributed by atoms with Gasteiger partial charge in [-0.15, -0.1) is 0 Å². The third-order valence-corrected chi connectivity index (χ3v) is 3.99. The molecule has 0 aliphatic rings. The van der Waals surface area contributed by atoms with Crippen LogP contribution in [0.15, 0.2) is 54.6 Å². The van der Waals surface area contributed by atoms with Gasteiger partial charge in [0.15, 0.2) is 0 Å². The highest BCUT2D eigenvalue weighted by Crippen LogP contribution is 2.11. The third-order valence-electron chi connectivity index (χ3n) is 3.99. The number of benzene rings is 2. The lowest BCUT2D eigenvalue weighted by Crippen LogP contribution is -2.37. The van der Waals surface area contributed by atoms with E-state index in [0.29, 0.717) is 12.1 Å². The Hall–Kier alpha value is -2.62. The molecule has 0 fully saturated rings. The van der Waals surface area contributed by atoms with Gasteiger partial charge in [0, 0.05) is 31.6 Å². The minimum absolute atomic E-state index is 0.0131. The first-order valence-corrected chi connectivity index (χ1v) is 8.11. The second-order valence-electron chi connectivity index (χ2n) is 6.12. The van der Waals surface area contributed by atoms with Gasteiger partial charge in [0.05, 0.1) is 0 Å². The molecule has 0 bridgehead atoms. The first-order chi connectivity index (χ1) is 11.5. The van der Waals surface area contributed by atoms with Crippen molar-refractivity contribution >= 4 is 11.8 Å². The molecule has 24 heavy (non-hydrogen) atoms. The van der Waals surface area contributed by atoms with E-state index in [0.717, 1.165) is 5.56 Å². The van der Waals surface area contributed by atoms with Crippen molar-refractivity contribution in [3.8, 4) is 0 Å². The van der Waals surface area contributed by atoms with Gasteiger partial charge >= 0.3 is 0 Å². The molecule has 2 rings (SSSR count). The van der Waals surface area contributed by atoms with Crippen molar-refractivity contribution in [3.63, 3.8) is 0 Å². The number of amides is 2. The van der Waals surface area contributed by atoms with Crippen LogP contribution in [0.3, 0.4) is 0 Å². The zero-order valence-electron chi connectivity index (χ0n) is 14.5. The summed E-state index contributed by atoms with van der Waals surface area (Å²) in [5.41, 5.74) is 2.90. The Labute approximate surface area is 143 Å². The van der Waals surface area contributed by atoms with Gasteiger partial charge in [-0.3, -0.25) is 9.59 Å². The number of carbonyl (C=O) groups is 2. The van der Waals surface area contributed by atoms with Crippen LogP contribution in [0.25, 0.3) is 0 Å². The minimum atomic E-state index is -0.218. The molecule has 4 heteroatoms. The van der Waals surface area contributed by atoms with Crippen molar-refractivity contribution in [1.29, 1.82) is 0 Å². The second kappa shape index (κ2) is 8.29. The molecule has 0 radical (unpaired) electrons. The summed E-state index contributed by atoms with van der Waals surface area (Å²) in [5.74, 6) is -0.142. The summed E-state index contributed by atoms with van der Waals surface area (Å²) in [6.07, 6.45) is 0.279. The Morgan fingerprint density at radius 2 is 1.67 bits per heavy atom. The third kappa shape index (κ3) is 4.95. The lowest BCUT2D eigenvalue weighted by atomic mass is 10.1. The Morgan fingerprint density at radius 3 is 2.33 bits per heavy atom. The molecule has 2 aromatic carbocycles. The fraction of sp³-hybridized carbons (Fsp3) is 0.300. The maximum absolute atomic E-state index is 12.4. The molecule has 4 nitrogen and oxygen atoms in total. The standard InChI is InChI=1S/C20H24N2O2/c1-15-9-7-8-12-18(15)14-22(3)19(23)13-16(2)21-20(24)17-10-5-4-6-11-17/h4-12,16H,13-14H2,1-3H3,(H,21,24). The molecule has 0 saturated heterocycles. The van der Waals surface area contributed by atoms with Crippen LogP contribution in [0.1, 0.15) is 34.8 Å². The number of rotatable bonds is 6. The van der Waals surface area contributed by atoms with E-state index in [-0.39, 0.29) is 24.3 Å². The molecular weight excluding hydrogens is 300 g/mol. The average molecular weight is 324 g/mol. The van der Waals surface area contributed by atoms with Gasteiger partial charge in [0.1, 0.15) is 0 Å². The Kier molecular flexibility index (Phi) is 6.13. The molecule has 2 amide bonds. The average Bonchev–Trinajstić information content (AvgIpc) is 2.57. The predicted molar refractivity (Wildman–Crippen MR) is 95.6 cm³/mol. The molecule has 0 saturated carbocycles. The van der Waals surface area contributed by atoms with Gasteiger partial charge in [0.25, 0.3) is 5.91 Å². The van der Waals surface area contributed by atoms with E-state index >= 15 is 0 Å². The van der Waals surface area contributed by atoms with Crippen LogP contribution in [0.5, 0.6) is 0 Å². The van der Waals surface area contributed by atoms with E-state index in [1.54, 1.807) is 24.1 Å². The number of aryl methyl sites for hydroxylation is 1. The fourth-order valence-electron chi connectivity index (χ4n) is 2.50. The van der Waals surface area contributed by atoms with Crippen LogP contribution in [-0.4, -0.2) is 29.8 Å². The lowest BCUT2D eigenvalue weighted by Gasteiger charge is -2.21. The van der Waals surface area contributed by atoms with Gasteiger partial charge in [-0.2, -0.15) is 0 Å². The van der Waals surface area contributed by atoms with Crippen molar-refractivity contribution in [2.75, 3.05) is 7.05 Å². The van der Waals surface area contributed by atoms with Crippen molar-refractivity contribution in [3.05, 3.63) is 71.3 Å². The zero-order valence-corrected chi connectivity index (χ0v) is 14.5. The molecule has 0 heterocycles. The van der Waals surface area contributed by atoms with Crippen LogP contribution < -0.4 is 5.32 Å². The Balaban J connectivity index is 1.87. The van der Waals surface area contributed by atoms with Crippen LogP contribution in [0, 0.1) is 6.92 Å². The van der Waals surface area contributed by atoms with E-state index < -0.39 is 0 Å². The summed E-state index contributed by atoms with van der Waals surface area (Å²) >= 11 is 0. The van der Waals surface area contributed by atoms with E-state index in [4.69, 9.17) is 0 Å². The smallest absolute Gasteiger partial charge is 0.251 e. The number of hydrogen-bond donors (Lipinski definition) is 1. The zero-order chi connectivity index (χ0) is 17.5. The van der Waals surface area contributed by atoms with Gasteiger partial charge in [0.2, 0.25) is 5.91 Å². The number of nitrogens with zero attached hydrogens (tertiary/aromatic N) is 1. The Morgan fingerprint density at radius 1 is 1.04 bits per heavy atom. The van der Waals surface area contributed by atoms with Crippen molar-refractivity contribution < 1.29 is 9.59 Å². The number of nitrogens with one attached hydrogen (secondary N) is 1. The fourth-order valence-corrected chi connectivity index (χ4v) is 2.50. The van der Waals surface area contributed by atoms with E-state index in [1.165, 1.54) is 5.56 Å². The predicted octanol–water partition coefficient (Wildman–Crippen LogP) is 3.16. The first kappa shape index (κ1) is 17.7. The van der Waals surface area contributed by atoms with Gasteiger partial charge in [-0.25, -0.2) is 0 Å². The summed E-state index contributed by atoms with van der Waals surface area (Å²) in [4.78, 5) is 26.2. The molecular formula is C20H24N2O2. The van der Waals surface area contributed by atoms with Crippen LogP contribution >= 0.6 is 0 Å². The Bertz CT molecular complexity index is 698. The molecule has 2 aromatic rings. The second-order valence-corrected chi connectivity index (χ2v) is 6.12. The highest BCUT2D eigenvalue weighted by molar-refractivity contribution is 5.94. The molecule has 1 atom stereocenters. The van der Waals surface area contributed by atoms with Crippen molar-refractivity contribution in [2.45, 2.75) is 32.9 Å². The number of hydrogen-bond acceptors (Lipinski definition) is 2. The highest BCUT2D eigenvalue weighted by Gasteiger charge is 2.16. The summed E-state index contributed by atoms with van der Waals surface area (Å²) in [7, 11) is 1.79. The molecule has 1 N–H and O–H groups in total. The molecule has 0 aliphatic heterocycles. The van der Waals surface area contributed by atoms with Crippen LogP contribution in [0.4, 0.5) is 0 Å². The minimum Gasteiger partial charge on any atom is -0.349 e. The normalized spacial score (nSPS) is 11.6. The maximum Gasteiger partial charge on any atom is 0.251 e. The summed E-state index contributed by atoms with van der Waals surface area (Å²) in [5, 5.41) is 2.87. The molecule has 0 aliphatic carbocycles. The van der Waals surface area contributed by atoms with E-state index in [1.807, 2.05) is 56.3 Å².